The molecule has 27 heavy (non-hydrogen) atoms. The van der Waals surface area contributed by atoms with Gasteiger partial charge in [0.15, 0.2) is 0 Å². The molecule has 0 spiro atoms. The number of benzene rings is 2. The van der Waals surface area contributed by atoms with E-state index in [1.54, 1.807) is 0 Å². The second-order valence-electron chi connectivity index (χ2n) is 6.51. The molecule has 2 aromatic rings. The second-order valence-corrected chi connectivity index (χ2v) is 7.45. The van der Waals surface area contributed by atoms with E-state index >= 15 is 0 Å². The Morgan fingerprint density at radius 3 is 2.41 bits per heavy atom. The minimum atomic E-state index is -0.702. The number of hydrogen-bond acceptors (Lipinski definition) is 3. The van der Waals surface area contributed by atoms with Gasteiger partial charge in [0, 0.05) is 10.1 Å². The molecule has 0 saturated carbocycles. The van der Waals surface area contributed by atoms with Crippen LogP contribution in [0.4, 0.5) is 0 Å². The monoisotopic (exact) mass is 401 g/mol. The number of hydrogen-bond donors (Lipinski definition) is 1. The minimum absolute atomic E-state index is 0.228. The summed E-state index contributed by atoms with van der Waals surface area (Å²) in [6.45, 7) is 0.228. The summed E-state index contributed by atoms with van der Waals surface area (Å²) in [5.74, 6) is -0.407. The molecule has 2 N–H and O–H groups in total. The van der Waals surface area contributed by atoms with E-state index in [2.05, 4.69) is 0 Å². The lowest BCUT2D eigenvalue weighted by atomic mass is 9.97. The SMILES string of the molecule is NC(Cc1ccc(C2=C(Cl)CCC(Cl)=C2)cc1)C(=O)OCc1ccccc1. The summed E-state index contributed by atoms with van der Waals surface area (Å²) in [6, 6.07) is 16.7. The van der Waals surface area contributed by atoms with Gasteiger partial charge in [-0.25, -0.2) is 0 Å². The molecule has 0 aliphatic heterocycles. The molecule has 0 fully saturated rings. The Hall–Kier alpha value is -2.07. The summed E-state index contributed by atoms with van der Waals surface area (Å²) in [6.07, 6.45) is 3.86. The van der Waals surface area contributed by atoms with Gasteiger partial charge >= 0.3 is 5.97 Å². The van der Waals surface area contributed by atoms with E-state index in [0.717, 1.165) is 45.2 Å². The van der Waals surface area contributed by atoms with Crippen LogP contribution in [0.2, 0.25) is 0 Å². The Morgan fingerprint density at radius 2 is 1.70 bits per heavy atom. The van der Waals surface area contributed by atoms with Crippen LogP contribution >= 0.6 is 23.2 Å². The molecule has 1 atom stereocenters. The fraction of sp³-hybridized carbons (Fsp3) is 0.227. The molecule has 1 aliphatic rings. The third-order valence-electron chi connectivity index (χ3n) is 4.42. The number of halogens is 2. The van der Waals surface area contributed by atoms with Gasteiger partial charge in [0.1, 0.15) is 12.6 Å². The number of allylic oxidation sites excluding steroid dienone is 4. The quantitative estimate of drug-likeness (QED) is 0.679. The average Bonchev–Trinajstić information content (AvgIpc) is 2.69. The molecule has 2 aromatic carbocycles. The molecule has 0 radical (unpaired) electrons. The van der Waals surface area contributed by atoms with Gasteiger partial charge in [0.2, 0.25) is 0 Å². The minimum Gasteiger partial charge on any atom is -0.460 e. The first kappa shape index (κ1) is 19.7. The van der Waals surface area contributed by atoms with Crippen LogP contribution < -0.4 is 5.73 Å². The molecule has 5 heteroatoms. The van der Waals surface area contributed by atoms with Gasteiger partial charge in [0.25, 0.3) is 0 Å². The van der Waals surface area contributed by atoms with Crippen LogP contribution in [0.3, 0.4) is 0 Å². The van der Waals surface area contributed by atoms with Gasteiger partial charge in [-0.05, 0) is 47.6 Å². The largest absolute Gasteiger partial charge is 0.460 e. The molecular weight excluding hydrogens is 381 g/mol. The molecule has 0 saturated heterocycles. The number of esters is 1. The van der Waals surface area contributed by atoms with Crippen molar-refractivity contribution in [1.82, 2.24) is 0 Å². The van der Waals surface area contributed by atoms with Gasteiger partial charge in [-0.15, -0.1) is 0 Å². The Bertz CT molecular complexity index is 858. The van der Waals surface area contributed by atoms with Crippen LogP contribution in [0.5, 0.6) is 0 Å². The van der Waals surface area contributed by atoms with Crippen molar-refractivity contribution in [3.63, 3.8) is 0 Å². The van der Waals surface area contributed by atoms with Crippen molar-refractivity contribution in [1.29, 1.82) is 0 Å². The van der Waals surface area contributed by atoms with Crippen LogP contribution in [-0.2, 0) is 22.6 Å². The van der Waals surface area contributed by atoms with Crippen molar-refractivity contribution in [2.24, 2.45) is 5.73 Å². The molecule has 1 unspecified atom stereocenters. The Balaban J connectivity index is 1.58. The number of carbonyl (C=O) groups is 1. The van der Waals surface area contributed by atoms with Crippen LogP contribution in [0, 0.1) is 0 Å². The van der Waals surface area contributed by atoms with Gasteiger partial charge < -0.3 is 10.5 Å². The maximum atomic E-state index is 12.1. The van der Waals surface area contributed by atoms with E-state index in [1.807, 2.05) is 60.7 Å². The first-order valence-electron chi connectivity index (χ1n) is 8.83. The van der Waals surface area contributed by atoms with E-state index in [1.165, 1.54) is 0 Å². The molecular formula is C22H21Cl2NO2. The zero-order chi connectivity index (χ0) is 19.2. The first-order chi connectivity index (χ1) is 13.0. The highest BCUT2D eigenvalue weighted by Gasteiger charge is 2.17. The third-order valence-corrected chi connectivity index (χ3v) is 5.11. The summed E-state index contributed by atoms with van der Waals surface area (Å²) in [4.78, 5) is 12.1. The zero-order valence-corrected chi connectivity index (χ0v) is 16.3. The van der Waals surface area contributed by atoms with E-state index in [9.17, 15) is 4.79 Å². The summed E-state index contributed by atoms with van der Waals surface area (Å²) in [5, 5.41) is 1.62. The Labute approximate surface area is 169 Å². The van der Waals surface area contributed by atoms with Crippen molar-refractivity contribution < 1.29 is 9.53 Å². The second kappa shape index (κ2) is 9.23. The lowest BCUT2D eigenvalue weighted by Crippen LogP contribution is -2.34. The lowest BCUT2D eigenvalue weighted by molar-refractivity contribution is -0.146. The van der Waals surface area contributed by atoms with Gasteiger partial charge in [0.05, 0.1) is 0 Å². The van der Waals surface area contributed by atoms with Crippen molar-refractivity contribution in [3.8, 4) is 0 Å². The maximum absolute atomic E-state index is 12.1. The standard InChI is InChI=1S/C22H21Cl2NO2/c23-18-10-11-20(24)19(13-18)17-8-6-15(7-9-17)12-21(25)22(26)27-14-16-4-2-1-3-5-16/h1-9,13,21H,10-12,14,25H2. The van der Waals surface area contributed by atoms with Crippen molar-refractivity contribution in [2.75, 3.05) is 0 Å². The normalized spacial score (nSPS) is 15.3. The Kier molecular flexibility index (Phi) is 6.73. The highest BCUT2D eigenvalue weighted by Crippen LogP contribution is 2.34. The number of nitrogens with two attached hydrogens (primary N) is 1. The highest BCUT2D eigenvalue weighted by atomic mass is 35.5. The lowest BCUT2D eigenvalue weighted by Gasteiger charge is -2.15. The van der Waals surface area contributed by atoms with Crippen molar-refractivity contribution in [2.45, 2.75) is 31.9 Å². The molecule has 0 bridgehead atoms. The molecule has 0 heterocycles. The molecule has 3 nitrogen and oxygen atoms in total. The smallest absolute Gasteiger partial charge is 0.323 e. The van der Waals surface area contributed by atoms with E-state index in [4.69, 9.17) is 33.7 Å². The first-order valence-corrected chi connectivity index (χ1v) is 9.58. The van der Waals surface area contributed by atoms with Gasteiger partial charge in [-0.1, -0.05) is 77.8 Å². The zero-order valence-electron chi connectivity index (χ0n) is 14.8. The van der Waals surface area contributed by atoms with Crippen molar-refractivity contribution in [3.05, 3.63) is 87.4 Å². The third kappa shape index (κ3) is 5.46. The predicted octanol–water partition coefficient (Wildman–Crippen LogP) is 5.17. The summed E-state index contributed by atoms with van der Waals surface area (Å²) in [5.41, 5.74) is 9.85. The predicted molar refractivity (Wildman–Crippen MR) is 110 cm³/mol. The van der Waals surface area contributed by atoms with E-state index in [0.29, 0.717) is 6.42 Å². The summed E-state index contributed by atoms with van der Waals surface area (Å²) in [7, 11) is 0. The van der Waals surface area contributed by atoms with Crippen LogP contribution in [0.25, 0.3) is 5.57 Å². The number of rotatable bonds is 6. The van der Waals surface area contributed by atoms with Gasteiger partial charge in [-0.3, -0.25) is 4.79 Å². The van der Waals surface area contributed by atoms with Gasteiger partial charge in [-0.2, -0.15) is 0 Å². The Morgan fingerprint density at radius 1 is 1.00 bits per heavy atom. The fourth-order valence-electron chi connectivity index (χ4n) is 2.90. The highest BCUT2D eigenvalue weighted by molar-refractivity contribution is 6.35. The number of ether oxygens (including phenoxy) is 1. The molecule has 3 rings (SSSR count). The fourth-order valence-corrected chi connectivity index (χ4v) is 3.37. The van der Waals surface area contributed by atoms with E-state index in [-0.39, 0.29) is 6.61 Å². The number of carbonyl (C=O) groups excluding carboxylic acids is 1. The van der Waals surface area contributed by atoms with Crippen molar-refractivity contribution >= 4 is 34.7 Å². The van der Waals surface area contributed by atoms with Crippen LogP contribution in [0.1, 0.15) is 29.5 Å². The molecule has 0 amide bonds. The topological polar surface area (TPSA) is 52.3 Å². The summed E-state index contributed by atoms with van der Waals surface area (Å²) >= 11 is 12.5. The molecule has 0 aromatic heterocycles. The van der Waals surface area contributed by atoms with Crippen LogP contribution in [-0.4, -0.2) is 12.0 Å². The molecule has 1 aliphatic carbocycles. The van der Waals surface area contributed by atoms with E-state index < -0.39 is 12.0 Å². The molecule has 140 valence electrons. The van der Waals surface area contributed by atoms with Crippen LogP contribution in [0.15, 0.2) is 70.7 Å². The average molecular weight is 402 g/mol. The maximum Gasteiger partial charge on any atom is 0.323 e. The summed E-state index contributed by atoms with van der Waals surface area (Å²) < 4.78 is 5.30.